The zero-order valence-corrected chi connectivity index (χ0v) is 10.4. The van der Waals surface area contributed by atoms with Gasteiger partial charge in [0.25, 0.3) is 0 Å². The number of thiophene rings is 1. The van der Waals surface area contributed by atoms with Crippen molar-refractivity contribution in [1.29, 1.82) is 0 Å². The molecule has 1 aromatic carbocycles. The summed E-state index contributed by atoms with van der Waals surface area (Å²) < 4.78 is 5.72. The number of nitrogen functional groups attached to an aromatic ring is 1. The molecule has 2 N–H and O–H groups in total. The van der Waals surface area contributed by atoms with Crippen LogP contribution in [0.4, 0.5) is 5.00 Å². The fourth-order valence-electron chi connectivity index (χ4n) is 1.69. The first-order valence-corrected chi connectivity index (χ1v) is 6.31. The first kappa shape index (κ1) is 11.0. The average Bonchev–Trinajstić information content (AvgIpc) is 2.78. The van der Waals surface area contributed by atoms with E-state index >= 15 is 0 Å². The molecule has 90 valence electrons. The number of anilines is 1. The summed E-state index contributed by atoms with van der Waals surface area (Å²) in [6, 6.07) is 11.8. The first-order chi connectivity index (χ1) is 8.83. The first-order valence-electron chi connectivity index (χ1n) is 5.49. The fraction of sp³-hybridized carbons (Fsp3) is 0.0769. The molecular weight excluding hydrogens is 246 g/mol. The molecule has 2 aromatic heterocycles. The van der Waals surface area contributed by atoms with Gasteiger partial charge >= 0.3 is 0 Å². The Morgan fingerprint density at radius 1 is 1.17 bits per heavy atom. The number of benzene rings is 1. The minimum Gasteiger partial charge on any atom is -0.472 e. The maximum absolute atomic E-state index is 5.76. The van der Waals surface area contributed by atoms with Crippen LogP contribution in [-0.2, 0) is 6.61 Å². The van der Waals surface area contributed by atoms with E-state index in [1.165, 1.54) is 17.7 Å². The van der Waals surface area contributed by atoms with Crippen LogP contribution in [-0.4, -0.2) is 9.97 Å². The van der Waals surface area contributed by atoms with Crippen molar-refractivity contribution in [3.8, 4) is 5.88 Å². The summed E-state index contributed by atoms with van der Waals surface area (Å²) in [5, 5.41) is 1.59. The molecule has 0 spiro atoms. The third-order valence-electron chi connectivity index (χ3n) is 2.53. The summed E-state index contributed by atoms with van der Waals surface area (Å²) in [7, 11) is 0. The predicted molar refractivity (Wildman–Crippen MR) is 72.6 cm³/mol. The summed E-state index contributed by atoms with van der Waals surface area (Å²) in [5.74, 6) is 0.580. The lowest BCUT2D eigenvalue weighted by atomic mass is 10.2. The van der Waals surface area contributed by atoms with Crippen molar-refractivity contribution in [1.82, 2.24) is 9.97 Å². The van der Waals surface area contributed by atoms with Gasteiger partial charge in [-0.25, -0.2) is 9.97 Å². The van der Waals surface area contributed by atoms with Crippen LogP contribution in [0.3, 0.4) is 0 Å². The van der Waals surface area contributed by atoms with E-state index < -0.39 is 0 Å². The SMILES string of the molecule is Nc1cc2c(OCc3ccccc3)ncnc2s1. The molecule has 0 aliphatic carbocycles. The summed E-state index contributed by atoms with van der Waals surface area (Å²) in [6.45, 7) is 0.489. The number of rotatable bonds is 3. The van der Waals surface area contributed by atoms with Crippen molar-refractivity contribution < 1.29 is 4.74 Å². The quantitative estimate of drug-likeness (QED) is 0.783. The average molecular weight is 257 g/mol. The van der Waals surface area contributed by atoms with Crippen molar-refractivity contribution in [3.05, 3.63) is 48.3 Å². The van der Waals surface area contributed by atoms with E-state index in [0.29, 0.717) is 12.5 Å². The molecule has 0 amide bonds. The molecule has 0 atom stereocenters. The largest absolute Gasteiger partial charge is 0.472 e. The predicted octanol–water partition coefficient (Wildman–Crippen LogP) is 2.85. The standard InChI is InChI=1S/C13H11N3OS/c14-11-6-10-12(15-8-16-13(10)18-11)17-7-9-4-2-1-3-5-9/h1-6,8H,7,14H2. The highest BCUT2D eigenvalue weighted by molar-refractivity contribution is 7.22. The molecule has 0 aliphatic rings. The second-order valence-corrected chi connectivity index (χ2v) is 4.88. The monoisotopic (exact) mass is 257 g/mol. The molecule has 2 heterocycles. The topological polar surface area (TPSA) is 61.0 Å². The van der Waals surface area contributed by atoms with Crippen LogP contribution in [0.25, 0.3) is 10.2 Å². The minimum atomic E-state index is 0.489. The lowest BCUT2D eigenvalue weighted by Gasteiger charge is -2.05. The van der Waals surface area contributed by atoms with E-state index in [1.54, 1.807) is 0 Å². The van der Waals surface area contributed by atoms with Gasteiger partial charge < -0.3 is 10.5 Å². The van der Waals surface area contributed by atoms with Gasteiger partial charge in [-0.05, 0) is 11.6 Å². The maximum Gasteiger partial charge on any atom is 0.225 e. The number of hydrogen-bond donors (Lipinski definition) is 1. The minimum absolute atomic E-state index is 0.489. The van der Waals surface area contributed by atoms with Gasteiger partial charge in [0.05, 0.1) is 10.4 Å². The van der Waals surface area contributed by atoms with E-state index in [-0.39, 0.29) is 0 Å². The van der Waals surface area contributed by atoms with Gasteiger partial charge in [-0.3, -0.25) is 0 Å². The van der Waals surface area contributed by atoms with Crippen molar-refractivity contribution in [3.63, 3.8) is 0 Å². The molecule has 0 fully saturated rings. The molecule has 0 saturated carbocycles. The second-order valence-electron chi connectivity index (χ2n) is 3.82. The second kappa shape index (κ2) is 4.62. The van der Waals surface area contributed by atoms with Crippen molar-refractivity contribution in [2.45, 2.75) is 6.61 Å². The van der Waals surface area contributed by atoms with Gasteiger partial charge in [0.2, 0.25) is 5.88 Å². The maximum atomic E-state index is 5.76. The van der Waals surface area contributed by atoms with E-state index in [9.17, 15) is 0 Å². The van der Waals surface area contributed by atoms with Gasteiger partial charge in [-0.15, -0.1) is 0 Å². The smallest absolute Gasteiger partial charge is 0.225 e. The van der Waals surface area contributed by atoms with Gasteiger partial charge in [0, 0.05) is 0 Å². The van der Waals surface area contributed by atoms with Crippen LogP contribution in [0.2, 0.25) is 0 Å². The molecule has 0 unspecified atom stereocenters. The highest BCUT2D eigenvalue weighted by Gasteiger charge is 2.08. The zero-order chi connectivity index (χ0) is 12.4. The van der Waals surface area contributed by atoms with Crippen LogP contribution >= 0.6 is 11.3 Å². The molecular formula is C13H11N3OS. The Hall–Kier alpha value is -2.14. The van der Waals surface area contributed by atoms with Crippen LogP contribution < -0.4 is 10.5 Å². The molecule has 3 rings (SSSR count). The number of aromatic nitrogens is 2. The Kier molecular flexibility index (Phi) is 2.82. The Balaban J connectivity index is 1.86. The van der Waals surface area contributed by atoms with Crippen LogP contribution in [0.15, 0.2) is 42.7 Å². The Morgan fingerprint density at radius 2 is 2.00 bits per heavy atom. The number of ether oxygens (including phenoxy) is 1. The van der Waals surface area contributed by atoms with E-state index in [0.717, 1.165) is 20.8 Å². The molecule has 5 heteroatoms. The van der Waals surface area contributed by atoms with Crippen molar-refractivity contribution in [2.75, 3.05) is 5.73 Å². The highest BCUT2D eigenvalue weighted by atomic mass is 32.1. The van der Waals surface area contributed by atoms with Crippen molar-refractivity contribution >= 4 is 26.6 Å². The molecule has 4 nitrogen and oxygen atoms in total. The third kappa shape index (κ3) is 2.12. The lowest BCUT2D eigenvalue weighted by molar-refractivity contribution is 0.297. The van der Waals surface area contributed by atoms with Crippen LogP contribution in [0, 0.1) is 0 Å². The zero-order valence-electron chi connectivity index (χ0n) is 9.54. The number of hydrogen-bond acceptors (Lipinski definition) is 5. The summed E-state index contributed by atoms with van der Waals surface area (Å²) in [4.78, 5) is 9.17. The number of nitrogens with two attached hydrogens (primary N) is 1. The summed E-state index contributed by atoms with van der Waals surface area (Å²) in [6.07, 6.45) is 1.50. The van der Waals surface area contributed by atoms with Gasteiger partial charge in [-0.1, -0.05) is 41.7 Å². The Morgan fingerprint density at radius 3 is 2.83 bits per heavy atom. The Bertz CT molecular complexity index is 666. The Labute approximate surface area is 108 Å². The number of nitrogens with zero attached hydrogens (tertiary/aromatic N) is 2. The summed E-state index contributed by atoms with van der Waals surface area (Å²) >= 11 is 1.43. The third-order valence-corrected chi connectivity index (χ3v) is 3.40. The molecule has 0 radical (unpaired) electrons. The van der Waals surface area contributed by atoms with Crippen LogP contribution in [0.5, 0.6) is 5.88 Å². The van der Waals surface area contributed by atoms with E-state index in [4.69, 9.17) is 10.5 Å². The number of fused-ring (bicyclic) bond motifs is 1. The van der Waals surface area contributed by atoms with Gasteiger partial charge in [0.15, 0.2) is 0 Å². The normalized spacial score (nSPS) is 10.7. The molecule has 0 aliphatic heterocycles. The van der Waals surface area contributed by atoms with Crippen LogP contribution in [0.1, 0.15) is 5.56 Å². The van der Waals surface area contributed by atoms with Gasteiger partial charge in [0.1, 0.15) is 17.8 Å². The van der Waals surface area contributed by atoms with E-state index in [2.05, 4.69) is 9.97 Å². The van der Waals surface area contributed by atoms with Gasteiger partial charge in [-0.2, -0.15) is 0 Å². The molecule has 3 aromatic rings. The highest BCUT2D eigenvalue weighted by Crippen LogP contribution is 2.31. The van der Waals surface area contributed by atoms with E-state index in [1.807, 2.05) is 36.4 Å². The van der Waals surface area contributed by atoms with Crippen molar-refractivity contribution in [2.24, 2.45) is 0 Å². The lowest BCUT2D eigenvalue weighted by Crippen LogP contribution is -1.97. The molecule has 0 saturated heterocycles. The summed E-state index contributed by atoms with van der Waals surface area (Å²) in [5.41, 5.74) is 6.87. The molecule has 18 heavy (non-hydrogen) atoms. The molecule has 0 bridgehead atoms. The fourth-order valence-corrected chi connectivity index (χ4v) is 2.45.